The Morgan fingerprint density at radius 1 is 1.07 bits per heavy atom. The highest BCUT2D eigenvalue weighted by Gasteiger charge is 1.86. The first-order chi connectivity index (χ1) is 6.79. The molecule has 76 valence electrons. The van der Waals surface area contributed by atoms with Gasteiger partial charge in [-0.1, -0.05) is 42.5 Å². The molecule has 1 rings (SSSR count). The second-order valence-corrected chi connectivity index (χ2v) is 4.12. The van der Waals surface area contributed by atoms with Crippen LogP contribution >= 0.6 is 0 Å². The molecular weight excluding hydrogens is 196 g/mol. The quantitative estimate of drug-likeness (QED) is 0.594. The van der Waals surface area contributed by atoms with E-state index in [4.69, 9.17) is 0 Å². The van der Waals surface area contributed by atoms with Crippen LogP contribution in [0.5, 0.6) is 0 Å². The van der Waals surface area contributed by atoms with Gasteiger partial charge in [-0.3, -0.25) is 0 Å². The summed E-state index contributed by atoms with van der Waals surface area (Å²) in [4.78, 5) is 0. The maximum Gasteiger partial charge on any atom is 0.140 e. The predicted molar refractivity (Wildman–Crippen MR) is 59.1 cm³/mol. The zero-order chi connectivity index (χ0) is 10.2. The third-order valence-electron chi connectivity index (χ3n) is 1.84. The van der Waals surface area contributed by atoms with E-state index in [1.807, 2.05) is 30.4 Å². The van der Waals surface area contributed by atoms with Crippen molar-refractivity contribution in [3.63, 3.8) is 0 Å². The fraction of sp³-hybridized carbons (Fsp3) is 0.273. The van der Waals surface area contributed by atoms with Crippen molar-refractivity contribution in [1.82, 2.24) is 0 Å². The molecule has 0 N–H and O–H groups in total. The van der Waals surface area contributed by atoms with E-state index in [2.05, 4.69) is 12.1 Å². The number of hydrogen-bond donors (Lipinski definition) is 1. The van der Waals surface area contributed by atoms with Gasteiger partial charge in [0.2, 0.25) is 0 Å². The molecule has 0 amide bonds. The molecule has 0 radical (unpaired) electrons. The first-order valence-electron chi connectivity index (χ1n) is 4.60. The van der Waals surface area contributed by atoms with Gasteiger partial charge < -0.3 is 0 Å². The summed E-state index contributed by atoms with van der Waals surface area (Å²) in [7, 11) is -2.22. The van der Waals surface area contributed by atoms with Gasteiger partial charge in [0.15, 0.2) is 0 Å². The average Bonchev–Trinajstić information content (AvgIpc) is 2.18. The molecule has 0 atom stereocenters. The van der Waals surface area contributed by atoms with Gasteiger partial charge in [-0.05, 0) is 18.4 Å². The molecule has 0 aliphatic rings. The second kappa shape index (κ2) is 6.38. The van der Waals surface area contributed by atoms with Gasteiger partial charge in [-0.15, -0.1) is 0 Å². The maximum absolute atomic E-state index is 10.2. The average molecular weight is 210 g/mol. The maximum atomic E-state index is 10.2. The smallest absolute Gasteiger partial charge is 0.140 e. The molecule has 0 heterocycles. The van der Waals surface area contributed by atoms with E-state index in [0.29, 0.717) is 6.42 Å². The van der Waals surface area contributed by atoms with Crippen molar-refractivity contribution in [1.29, 1.82) is 0 Å². The van der Waals surface area contributed by atoms with Gasteiger partial charge >= 0.3 is 0 Å². The standard InChI is InChI=1S/C11H14O2S/c12-14(13)10-6-2-5-9-11-7-3-1-4-8-11/h1-5,7-8,14H,6,9-10H2. The summed E-state index contributed by atoms with van der Waals surface area (Å²) >= 11 is 0. The molecule has 2 nitrogen and oxygen atoms in total. The topological polar surface area (TPSA) is 34.1 Å². The monoisotopic (exact) mass is 210 g/mol. The summed E-state index contributed by atoms with van der Waals surface area (Å²) in [6, 6.07) is 10.1. The molecule has 0 unspecified atom stereocenters. The number of thiol groups is 1. The van der Waals surface area contributed by atoms with Crippen molar-refractivity contribution in [3.8, 4) is 0 Å². The van der Waals surface area contributed by atoms with Gasteiger partial charge in [0.1, 0.15) is 10.7 Å². The van der Waals surface area contributed by atoms with Crippen LogP contribution in [0.15, 0.2) is 42.5 Å². The van der Waals surface area contributed by atoms with Gasteiger partial charge in [0, 0.05) is 0 Å². The van der Waals surface area contributed by atoms with Gasteiger partial charge in [0.05, 0.1) is 5.75 Å². The zero-order valence-electron chi connectivity index (χ0n) is 7.93. The van der Waals surface area contributed by atoms with Gasteiger partial charge in [0.25, 0.3) is 0 Å². The van der Waals surface area contributed by atoms with Crippen LogP contribution in [0.1, 0.15) is 12.0 Å². The van der Waals surface area contributed by atoms with E-state index in [1.54, 1.807) is 0 Å². The number of hydrogen-bond acceptors (Lipinski definition) is 2. The molecule has 1 aromatic rings. The Hall–Kier alpha value is -1.09. The summed E-state index contributed by atoms with van der Waals surface area (Å²) in [5.41, 5.74) is 1.25. The van der Waals surface area contributed by atoms with E-state index in [1.165, 1.54) is 5.56 Å². The van der Waals surface area contributed by atoms with Gasteiger partial charge in [-0.2, -0.15) is 0 Å². The lowest BCUT2D eigenvalue weighted by Gasteiger charge is -1.93. The van der Waals surface area contributed by atoms with Crippen molar-refractivity contribution in [2.24, 2.45) is 0 Å². The molecule has 0 aliphatic carbocycles. The van der Waals surface area contributed by atoms with Crippen LogP contribution in [0, 0.1) is 0 Å². The summed E-state index contributed by atoms with van der Waals surface area (Å²) in [6.45, 7) is 0. The van der Waals surface area contributed by atoms with Crippen LogP contribution in [0.3, 0.4) is 0 Å². The summed E-state index contributed by atoms with van der Waals surface area (Å²) < 4.78 is 20.5. The molecule has 3 heteroatoms. The lowest BCUT2D eigenvalue weighted by molar-refractivity contribution is 0.614. The van der Waals surface area contributed by atoms with E-state index >= 15 is 0 Å². The molecule has 0 spiro atoms. The normalized spacial score (nSPS) is 11.2. The summed E-state index contributed by atoms with van der Waals surface area (Å²) in [5.74, 6) is 0.251. The minimum absolute atomic E-state index is 0.251. The Kier molecular flexibility index (Phi) is 5.00. The minimum Gasteiger partial charge on any atom is -0.232 e. The zero-order valence-corrected chi connectivity index (χ0v) is 8.82. The summed E-state index contributed by atoms with van der Waals surface area (Å²) in [6.07, 6.45) is 5.41. The van der Waals surface area contributed by atoms with Crippen LogP contribution in [-0.2, 0) is 17.1 Å². The fourth-order valence-corrected chi connectivity index (χ4v) is 1.49. The molecule has 0 bridgehead atoms. The first kappa shape index (κ1) is 11.0. The highest BCUT2D eigenvalue weighted by atomic mass is 32.2. The molecule has 1 aromatic carbocycles. The lowest BCUT2D eigenvalue weighted by atomic mass is 10.1. The number of rotatable bonds is 5. The van der Waals surface area contributed by atoms with E-state index < -0.39 is 10.7 Å². The molecular formula is C11H14O2S. The van der Waals surface area contributed by atoms with Crippen LogP contribution in [0.25, 0.3) is 0 Å². The Morgan fingerprint density at radius 3 is 2.43 bits per heavy atom. The van der Waals surface area contributed by atoms with E-state index in [9.17, 15) is 8.42 Å². The SMILES string of the molecule is O=[SH](=O)CCC=CCc1ccccc1. The molecule has 0 aromatic heterocycles. The molecule has 0 aliphatic heterocycles. The van der Waals surface area contributed by atoms with Crippen molar-refractivity contribution in [2.75, 3.05) is 5.75 Å². The van der Waals surface area contributed by atoms with Crippen molar-refractivity contribution in [2.45, 2.75) is 12.8 Å². The Balaban J connectivity index is 2.27. The third-order valence-corrected chi connectivity index (χ3v) is 2.46. The number of benzene rings is 1. The third kappa shape index (κ3) is 4.82. The first-order valence-corrected chi connectivity index (χ1v) is 5.96. The Labute approximate surface area is 86.2 Å². The summed E-state index contributed by atoms with van der Waals surface area (Å²) in [5, 5.41) is 0. The molecule has 14 heavy (non-hydrogen) atoms. The lowest BCUT2D eigenvalue weighted by Crippen LogP contribution is -1.84. The molecule has 0 saturated carbocycles. The van der Waals surface area contributed by atoms with E-state index in [-0.39, 0.29) is 5.75 Å². The Morgan fingerprint density at radius 2 is 1.79 bits per heavy atom. The predicted octanol–water partition coefficient (Wildman–Crippen LogP) is 1.79. The highest BCUT2D eigenvalue weighted by Crippen LogP contribution is 2.00. The number of allylic oxidation sites excluding steroid dienone is 2. The Bertz CT molecular complexity index is 345. The van der Waals surface area contributed by atoms with Crippen molar-refractivity contribution >= 4 is 10.7 Å². The van der Waals surface area contributed by atoms with Crippen LogP contribution in [0.2, 0.25) is 0 Å². The van der Waals surface area contributed by atoms with Gasteiger partial charge in [-0.25, -0.2) is 8.42 Å². The minimum atomic E-state index is -2.22. The van der Waals surface area contributed by atoms with E-state index in [0.717, 1.165) is 6.42 Å². The van der Waals surface area contributed by atoms with Crippen LogP contribution in [-0.4, -0.2) is 14.2 Å². The second-order valence-electron chi connectivity index (χ2n) is 3.01. The van der Waals surface area contributed by atoms with Crippen molar-refractivity contribution in [3.05, 3.63) is 48.0 Å². The molecule has 0 saturated heterocycles. The van der Waals surface area contributed by atoms with Crippen LogP contribution < -0.4 is 0 Å². The molecule has 0 fully saturated rings. The largest absolute Gasteiger partial charge is 0.232 e. The van der Waals surface area contributed by atoms with Crippen LogP contribution in [0.4, 0.5) is 0 Å². The fourth-order valence-electron chi connectivity index (χ4n) is 1.13. The highest BCUT2D eigenvalue weighted by molar-refractivity contribution is 7.72. The van der Waals surface area contributed by atoms with Crippen molar-refractivity contribution < 1.29 is 8.42 Å².